The zero-order valence-electron chi connectivity index (χ0n) is 10.5. The molecule has 3 nitrogen and oxygen atoms in total. The van der Waals surface area contributed by atoms with Crippen molar-refractivity contribution in [2.24, 2.45) is 0 Å². The fraction of sp³-hybridized carbons (Fsp3) is 0.133. The maximum absolute atomic E-state index is 4.59. The van der Waals surface area contributed by atoms with Crippen LogP contribution in [-0.2, 0) is 0 Å². The molecule has 2 aromatic heterocycles. The van der Waals surface area contributed by atoms with Crippen LogP contribution in [0.4, 0.5) is 5.82 Å². The molecule has 0 radical (unpaired) electrons. The van der Waals surface area contributed by atoms with E-state index in [0.717, 1.165) is 17.2 Å². The summed E-state index contributed by atoms with van der Waals surface area (Å²) in [6, 6.07) is 16.6. The molecule has 0 amide bonds. The Morgan fingerprint density at radius 2 is 1.72 bits per heavy atom. The summed E-state index contributed by atoms with van der Waals surface area (Å²) in [7, 11) is 4.01. The quantitative estimate of drug-likeness (QED) is 0.682. The molecular formula is C15H15N3. The van der Waals surface area contributed by atoms with E-state index in [2.05, 4.69) is 45.9 Å². The highest BCUT2D eigenvalue weighted by atomic mass is 15.2. The minimum absolute atomic E-state index is 0.971. The number of hydrogen-bond donors (Lipinski definition) is 0. The number of aromatic nitrogens is 2. The lowest BCUT2D eigenvalue weighted by atomic mass is 10.1. The number of fused-ring (bicyclic) bond motifs is 1. The first-order chi connectivity index (χ1) is 8.75. The maximum Gasteiger partial charge on any atom is 0.147 e. The smallest absolute Gasteiger partial charge is 0.147 e. The van der Waals surface area contributed by atoms with Gasteiger partial charge in [0.2, 0.25) is 0 Å². The van der Waals surface area contributed by atoms with Crippen LogP contribution >= 0.6 is 0 Å². The lowest BCUT2D eigenvalue weighted by molar-refractivity contribution is 1.09. The fourth-order valence-electron chi connectivity index (χ4n) is 2.06. The molecule has 0 saturated heterocycles. The van der Waals surface area contributed by atoms with Gasteiger partial charge in [-0.25, -0.2) is 4.98 Å². The number of nitrogens with zero attached hydrogens (tertiary/aromatic N) is 3. The van der Waals surface area contributed by atoms with E-state index in [1.54, 1.807) is 0 Å². The normalized spacial score (nSPS) is 10.8. The van der Waals surface area contributed by atoms with Gasteiger partial charge in [-0.3, -0.25) is 4.40 Å². The lowest BCUT2D eigenvalue weighted by Crippen LogP contribution is -2.08. The van der Waals surface area contributed by atoms with Gasteiger partial charge >= 0.3 is 0 Å². The first kappa shape index (κ1) is 10.8. The summed E-state index contributed by atoms with van der Waals surface area (Å²) in [5.74, 6) is 0.971. The largest absolute Gasteiger partial charge is 0.361 e. The predicted molar refractivity (Wildman–Crippen MR) is 75.0 cm³/mol. The lowest BCUT2D eigenvalue weighted by Gasteiger charge is -2.06. The summed E-state index contributed by atoms with van der Waals surface area (Å²) >= 11 is 0. The van der Waals surface area contributed by atoms with Gasteiger partial charge < -0.3 is 4.90 Å². The van der Waals surface area contributed by atoms with Crippen molar-refractivity contribution < 1.29 is 0 Å². The average Bonchev–Trinajstić information content (AvgIpc) is 2.83. The molecule has 3 heteroatoms. The zero-order valence-corrected chi connectivity index (χ0v) is 10.5. The second kappa shape index (κ2) is 4.18. The van der Waals surface area contributed by atoms with Crippen molar-refractivity contribution >= 4 is 11.5 Å². The molecule has 0 N–H and O–H groups in total. The molecule has 18 heavy (non-hydrogen) atoms. The Bertz CT molecular complexity index is 669. The average molecular weight is 237 g/mol. The van der Waals surface area contributed by atoms with Crippen molar-refractivity contribution in [1.82, 2.24) is 9.38 Å². The highest BCUT2D eigenvalue weighted by molar-refractivity contribution is 5.65. The topological polar surface area (TPSA) is 20.5 Å². The number of rotatable bonds is 2. The summed E-state index contributed by atoms with van der Waals surface area (Å²) in [6.07, 6.45) is 2.07. The van der Waals surface area contributed by atoms with Crippen molar-refractivity contribution in [3.63, 3.8) is 0 Å². The molecular weight excluding hydrogens is 222 g/mol. The fourth-order valence-corrected chi connectivity index (χ4v) is 2.06. The van der Waals surface area contributed by atoms with Gasteiger partial charge in [-0.2, -0.15) is 0 Å². The third-order valence-corrected chi connectivity index (χ3v) is 3.01. The van der Waals surface area contributed by atoms with Crippen LogP contribution < -0.4 is 4.90 Å². The molecule has 0 aliphatic carbocycles. The van der Waals surface area contributed by atoms with E-state index >= 15 is 0 Å². The molecule has 0 saturated carbocycles. The van der Waals surface area contributed by atoms with Gasteiger partial charge in [0, 0.05) is 14.1 Å². The van der Waals surface area contributed by atoms with Crippen molar-refractivity contribution in [2.75, 3.05) is 19.0 Å². The van der Waals surface area contributed by atoms with Crippen LogP contribution in [0.1, 0.15) is 0 Å². The molecule has 0 spiro atoms. The standard InChI is InChI=1S/C15H15N3/c1-17(2)15-11-18-13(9-6-10-14(18)16-15)12-7-4-3-5-8-12/h3-11H,1-2H3. The van der Waals surface area contributed by atoms with Gasteiger partial charge in [-0.15, -0.1) is 0 Å². The maximum atomic E-state index is 4.59. The number of benzene rings is 1. The van der Waals surface area contributed by atoms with Crippen molar-refractivity contribution in [3.8, 4) is 11.3 Å². The Kier molecular flexibility index (Phi) is 2.52. The Hall–Kier alpha value is -2.29. The minimum Gasteiger partial charge on any atom is -0.361 e. The van der Waals surface area contributed by atoms with Crippen LogP contribution in [-0.4, -0.2) is 23.5 Å². The predicted octanol–water partition coefficient (Wildman–Crippen LogP) is 3.07. The summed E-state index contributed by atoms with van der Waals surface area (Å²) in [4.78, 5) is 6.60. The van der Waals surface area contributed by atoms with Crippen LogP contribution in [0.5, 0.6) is 0 Å². The van der Waals surface area contributed by atoms with E-state index < -0.39 is 0 Å². The van der Waals surface area contributed by atoms with E-state index in [-0.39, 0.29) is 0 Å². The summed E-state index contributed by atoms with van der Waals surface area (Å²) in [5, 5.41) is 0. The van der Waals surface area contributed by atoms with Crippen molar-refractivity contribution in [1.29, 1.82) is 0 Å². The van der Waals surface area contributed by atoms with Crippen LogP contribution in [0.2, 0.25) is 0 Å². The van der Waals surface area contributed by atoms with E-state index in [9.17, 15) is 0 Å². The van der Waals surface area contributed by atoms with Gasteiger partial charge in [0.05, 0.1) is 11.9 Å². The Morgan fingerprint density at radius 3 is 2.44 bits per heavy atom. The molecule has 0 aliphatic heterocycles. The SMILES string of the molecule is CN(C)c1cn2c(-c3ccccc3)cccc2n1. The van der Waals surface area contributed by atoms with Crippen molar-refractivity contribution in [2.45, 2.75) is 0 Å². The van der Waals surface area contributed by atoms with Gasteiger partial charge in [-0.1, -0.05) is 36.4 Å². The Morgan fingerprint density at radius 1 is 0.944 bits per heavy atom. The highest BCUT2D eigenvalue weighted by Gasteiger charge is 2.07. The number of imidazole rings is 1. The van der Waals surface area contributed by atoms with Gasteiger partial charge in [0.25, 0.3) is 0 Å². The molecule has 0 bridgehead atoms. The van der Waals surface area contributed by atoms with Gasteiger partial charge in [0.1, 0.15) is 11.5 Å². The van der Waals surface area contributed by atoms with E-state index in [1.807, 2.05) is 37.2 Å². The second-order valence-electron chi connectivity index (χ2n) is 4.50. The number of anilines is 1. The van der Waals surface area contributed by atoms with Crippen LogP contribution in [0, 0.1) is 0 Å². The number of hydrogen-bond acceptors (Lipinski definition) is 2. The number of pyridine rings is 1. The minimum atomic E-state index is 0.971. The molecule has 0 atom stereocenters. The van der Waals surface area contributed by atoms with Gasteiger partial charge in [0.15, 0.2) is 0 Å². The Balaban J connectivity index is 2.24. The molecule has 90 valence electrons. The van der Waals surface area contributed by atoms with E-state index in [1.165, 1.54) is 5.56 Å². The Labute approximate surface area is 106 Å². The highest BCUT2D eigenvalue weighted by Crippen LogP contribution is 2.22. The monoisotopic (exact) mass is 237 g/mol. The second-order valence-corrected chi connectivity index (χ2v) is 4.50. The van der Waals surface area contributed by atoms with Gasteiger partial charge in [-0.05, 0) is 17.7 Å². The summed E-state index contributed by atoms with van der Waals surface area (Å²) < 4.78 is 2.13. The van der Waals surface area contributed by atoms with Crippen LogP contribution in [0.25, 0.3) is 16.9 Å². The molecule has 0 unspecified atom stereocenters. The third kappa shape index (κ3) is 1.74. The molecule has 0 aliphatic rings. The van der Waals surface area contributed by atoms with E-state index in [4.69, 9.17) is 0 Å². The summed E-state index contributed by atoms with van der Waals surface area (Å²) in [6.45, 7) is 0. The van der Waals surface area contributed by atoms with E-state index in [0.29, 0.717) is 0 Å². The van der Waals surface area contributed by atoms with Crippen LogP contribution in [0.15, 0.2) is 54.7 Å². The zero-order chi connectivity index (χ0) is 12.5. The summed E-state index contributed by atoms with van der Waals surface area (Å²) in [5.41, 5.74) is 3.33. The molecule has 2 heterocycles. The molecule has 0 fully saturated rings. The van der Waals surface area contributed by atoms with Crippen molar-refractivity contribution in [3.05, 3.63) is 54.7 Å². The molecule has 1 aromatic carbocycles. The first-order valence-corrected chi connectivity index (χ1v) is 5.96. The third-order valence-electron chi connectivity index (χ3n) is 3.01. The van der Waals surface area contributed by atoms with Crippen LogP contribution in [0.3, 0.4) is 0 Å². The molecule has 3 rings (SSSR count). The molecule has 3 aromatic rings. The first-order valence-electron chi connectivity index (χ1n) is 5.96.